The molecule has 0 fully saturated rings. The third kappa shape index (κ3) is 13.2. The quantitative estimate of drug-likeness (QED) is 0.118. The second-order valence-corrected chi connectivity index (χ2v) is 13.0. The molecule has 0 aliphatic carbocycles. The van der Waals surface area contributed by atoms with Gasteiger partial charge in [0, 0.05) is 55.8 Å². The summed E-state index contributed by atoms with van der Waals surface area (Å²) >= 11 is 1.29. The van der Waals surface area contributed by atoms with Crippen molar-refractivity contribution in [3.8, 4) is 0 Å². The van der Waals surface area contributed by atoms with Gasteiger partial charge in [0.05, 0.1) is 12.5 Å². The number of thioether (sulfide) groups is 1. The van der Waals surface area contributed by atoms with Crippen molar-refractivity contribution in [3.63, 3.8) is 0 Å². The molecular formula is C25H54N3O3PS. The van der Waals surface area contributed by atoms with E-state index in [0.717, 1.165) is 13.0 Å². The number of carbonyl (C=O) groups excluding carboxylic acids is 1. The summed E-state index contributed by atoms with van der Waals surface area (Å²) in [5.41, 5.74) is 0. The first-order chi connectivity index (χ1) is 15.3. The highest BCUT2D eigenvalue weighted by atomic mass is 32.2. The third-order valence-corrected chi connectivity index (χ3v) is 9.22. The first kappa shape index (κ1) is 33.2. The van der Waals surface area contributed by atoms with Crippen LogP contribution in [0.15, 0.2) is 0 Å². The average molecular weight is 508 g/mol. The fraction of sp³-hybridized carbons (Fsp3) is 0.960. The minimum atomic E-state index is -0.855. The Labute approximate surface area is 211 Å². The molecule has 33 heavy (non-hydrogen) atoms. The molecule has 0 saturated heterocycles. The van der Waals surface area contributed by atoms with Crippen LogP contribution in [0, 0.1) is 0 Å². The van der Waals surface area contributed by atoms with Gasteiger partial charge in [0.25, 0.3) is 0 Å². The van der Waals surface area contributed by atoms with E-state index < -0.39 is 8.45 Å². The van der Waals surface area contributed by atoms with Crippen LogP contribution in [0.4, 0.5) is 0 Å². The van der Waals surface area contributed by atoms with Gasteiger partial charge in [-0.05, 0) is 89.5 Å². The number of rotatable bonds is 18. The molecule has 0 aliphatic heterocycles. The maximum absolute atomic E-state index is 12.2. The highest BCUT2D eigenvalue weighted by molar-refractivity contribution is 8.13. The van der Waals surface area contributed by atoms with Crippen LogP contribution in [0.3, 0.4) is 0 Å². The molecule has 0 rings (SSSR count). The van der Waals surface area contributed by atoms with E-state index in [4.69, 9.17) is 9.26 Å². The lowest BCUT2D eigenvalue weighted by Gasteiger charge is -2.45. The van der Waals surface area contributed by atoms with Crippen LogP contribution in [-0.4, -0.2) is 81.3 Å². The van der Waals surface area contributed by atoms with Crippen molar-refractivity contribution in [3.05, 3.63) is 0 Å². The smallest absolute Gasteiger partial charge is 0.192 e. The largest absolute Gasteiger partial charge is 0.370 e. The number of hydrogen-bond donors (Lipinski definition) is 0. The van der Waals surface area contributed by atoms with Crippen LogP contribution in [-0.2, 0) is 14.1 Å². The zero-order valence-corrected chi connectivity index (χ0v) is 25.3. The first-order valence-corrected chi connectivity index (χ1v) is 14.9. The van der Waals surface area contributed by atoms with Gasteiger partial charge in [0.2, 0.25) is 0 Å². The van der Waals surface area contributed by atoms with Gasteiger partial charge < -0.3 is 9.26 Å². The molecule has 0 aromatic rings. The van der Waals surface area contributed by atoms with Gasteiger partial charge in [-0.2, -0.15) is 0 Å². The Kier molecular flexibility index (Phi) is 17.8. The predicted octanol–water partition coefficient (Wildman–Crippen LogP) is 6.60. The summed E-state index contributed by atoms with van der Waals surface area (Å²) in [6.45, 7) is 28.8. The van der Waals surface area contributed by atoms with Crippen LogP contribution < -0.4 is 0 Å². The first-order valence-electron chi connectivity index (χ1n) is 12.8. The van der Waals surface area contributed by atoms with Crippen LogP contribution in [0.5, 0.6) is 0 Å². The lowest BCUT2D eigenvalue weighted by Crippen LogP contribution is -2.43. The van der Waals surface area contributed by atoms with Crippen molar-refractivity contribution in [2.45, 2.75) is 132 Å². The Bertz CT molecular complexity index is 475. The van der Waals surface area contributed by atoms with Gasteiger partial charge in [-0.3, -0.25) is 9.69 Å². The predicted molar refractivity (Wildman–Crippen MR) is 147 cm³/mol. The summed E-state index contributed by atoms with van der Waals surface area (Å²) in [5.74, 6) is 0.422. The molecule has 0 radical (unpaired) electrons. The standard InChI is InChI=1S/C25H54N3O3PS/c1-19(2)26(20(3)4)15-14-25(29)33-18-30-16-13-17-31-32(27(21(5)6)22(7)8)28(23(9)10)24(11)12/h19-24H,13-18H2,1-12H3. The molecule has 0 aromatic carbocycles. The number of carbonyl (C=O) groups is 1. The molecule has 0 unspecified atom stereocenters. The molecule has 0 atom stereocenters. The van der Waals surface area contributed by atoms with Crippen LogP contribution in [0.1, 0.15) is 95.9 Å². The minimum absolute atomic E-state index is 0.204. The topological polar surface area (TPSA) is 45.3 Å². The van der Waals surface area contributed by atoms with E-state index in [0.29, 0.717) is 61.8 Å². The van der Waals surface area contributed by atoms with Gasteiger partial charge in [-0.1, -0.05) is 11.8 Å². The molecule has 6 nitrogen and oxygen atoms in total. The molecule has 0 bridgehead atoms. The molecule has 198 valence electrons. The zero-order valence-electron chi connectivity index (χ0n) is 23.6. The van der Waals surface area contributed by atoms with Crippen LogP contribution in [0.2, 0.25) is 0 Å². The molecule has 0 N–H and O–H groups in total. The Morgan fingerprint density at radius 2 is 1.18 bits per heavy atom. The van der Waals surface area contributed by atoms with Crippen molar-refractivity contribution in [1.29, 1.82) is 0 Å². The summed E-state index contributed by atoms with van der Waals surface area (Å²) in [7, 11) is -0.855. The second-order valence-electron chi connectivity index (χ2n) is 10.3. The number of ether oxygens (including phenoxy) is 1. The van der Waals surface area contributed by atoms with E-state index in [1.807, 2.05) is 0 Å². The van der Waals surface area contributed by atoms with Gasteiger partial charge >= 0.3 is 0 Å². The average Bonchev–Trinajstić information content (AvgIpc) is 2.65. The molecule has 0 spiro atoms. The molecular weight excluding hydrogens is 453 g/mol. The Morgan fingerprint density at radius 1 is 0.727 bits per heavy atom. The van der Waals surface area contributed by atoms with Crippen molar-refractivity contribution < 1.29 is 14.1 Å². The zero-order chi connectivity index (χ0) is 25.7. The summed E-state index contributed by atoms with van der Waals surface area (Å²) in [6.07, 6.45) is 1.40. The second kappa shape index (κ2) is 17.6. The Balaban J connectivity index is 4.50. The van der Waals surface area contributed by atoms with E-state index in [1.165, 1.54) is 11.8 Å². The van der Waals surface area contributed by atoms with E-state index in [9.17, 15) is 4.79 Å². The lowest BCUT2D eigenvalue weighted by molar-refractivity contribution is -0.111. The highest BCUT2D eigenvalue weighted by Crippen LogP contribution is 2.50. The van der Waals surface area contributed by atoms with E-state index in [2.05, 4.69) is 97.3 Å². The minimum Gasteiger partial charge on any atom is -0.370 e. The maximum atomic E-state index is 12.2. The summed E-state index contributed by atoms with van der Waals surface area (Å²) in [6, 6.07) is 2.56. The molecule has 0 aliphatic rings. The lowest BCUT2D eigenvalue weighted by atomic mass is 10.2. The van der Waals surface area contributed by atoms with Gasteiger partial charge in [-0.25, -0.2) is 9.34 Å². The highest BCUT2D eigenvalue weighted by Gasteiger charge is 2.34. The van der Waals surface area contributed by atoms with E-state index >= 15 is 0 Å². The van der Waals surface area contributed by atoms with E-state index in [-0.39, 0.29) is 5.12 Å². The summed E-state index contributed by atoms with van der Waals surface area (Å²) in [5, 5.41) is 0.204. The molecule has 0 aromatic heterocycles. The third-order valence-electron chi connectivity index (χ3n) is 5.36. The van der Waals surface area contributed by atoms with Crippen molar-refractivity contribution in [2.24, 2.45) is 0 Å². The van der Waals surface area contributed by atoms with Crippen molar-refractivity contribution >= 4 is 25.3 Å². The number of nitrogens with zero attached hydrogens (tertiary/aromatic N) is 3. The number of hydrogen-bond acceptors (Lipinski definition) is 7. The van der Waals surface area contributed by atoms with Gasteiger partial charge in [-0.15, -0.1) is 0 Å². The van der Waals surface area contributed by atoms with E-state index in [1.54, 1.807) is 0 Å². The Morgan fingerprint density at radius 3 is 1.58 bits per heavy atom. The van der Waals surface area contributed by atoms with Crippen LogP contribution >= 0.6 is 20.2 Å². The normalized spacial score (nSPS) is 13.2. The van der Waals surface area contributed by atoms with Gasteiger partial charge in [0.1, 0.15) is 0 Å². The van der Waals surface area contributed by atoms with Gasteiger partial charge in [0.15, 0.2) is 13.6 Å². The van der Waals surface area contributed by atoms with Crippen molar-refractivity contribution in [1.82, 2.24) is 14.2 Å². The fourth-order valence-corrected chi connectivity index (χ4v) is 7.06. The molecule has 8 heteroatoms. The monoisotopic (exact) mass is 507 g/mol. The summed E-state index contributed by atoms with van der Waals surface area (Å²) < 4.78 is 17.2. The maximum Gasteiger partial charge on any atom is 0.192 e. The fourth-order valence-electron chi connectivity index (χ4n) is 4.11. The summed E-state index contributed by atoms with van der Waals surface area (Å²) in [4.78, 5) is 14.6. The molecule has 0 saturated carbocycles. The van der Waals surface area contributed by atoms with Crippen LogP contribution in [0.25, 0.3) is 0 Å². The molecule has 0 heterocycles. The Hall–Kier alpha value is 0.250. The SMILES string of the molecule is CC(C)N(CCC(=O)SCOCCCOP(N(C(C)C)C(C)C)N(C(C)C)C(C)C)C(C)C. The molecule has 0 amide bonds. The van der Waals surface area contributed by atoms with Crippen molar-refractivity contribution in [2.75, 3.05) is 25.7 Å².